The van der Waals surface area contributed by atoms with E-state index in [4.69, 9.17) is 0 Å². The molecule has 1 aliphatic rings. The van der Waals surface area contributed by atoms with Gasteiger partial charge in [-0.05, 0) is 37.3 Å². The molecule has 1 aromatic heterocycles. The first-order chi connectivity index (χ1) is 7.25. The number of rotatable bonds is 4. The molecule has 1 saturated carbocycles. The van der Waals surface area contributed by atoms with Crippen LogP contribution in [-0.4, -0.2) is 11.0 Å². The van der Waals surface area contributed by atoms with Crippen molar-refractivity contribution in [3.63, 3.8) is 0 Å². The van der Waals surface area contributed by atoms with E-state index in [1.807, 2.05) is 0 Å². The summed E-state index contributed by atoms with van der Waals surface area (Å²) in [6, 6.07) is 2.06. The average molecular weight is 208 g/mol. The van der Waals surface area contributed by atoms with Crippen LogP contribution >= 0.6 is 0 Å². The van der Waals surface area contributed by atoms with Crippen molar-refractivity contribution in [2.24, 2.45) is 5.92 Å². The SMILES string of the molecule is CC(NCc1cncc(F)c1)C1CCC1. The second kappa shape index (κ2) is 4.71. The van der Waals surface area contributed by atoms with Crippen molar-refractivity contribution < 1.29 is 4.39 Å². The Morgan fingerprint density at radius 3 is 2.93 bits per heavy atom. The summed E-state index contributed by atoms with van der Waals surface area (Å²) in [6.45, 7) is 2.92. The third kappa shape index (κ3) is 2.75. The molecule has 1 unspecified atom stereocenters. The molecule has 82 valence electrons. The summed E-state index contributed by atoms with van der Waals surface area (Å²) in [5, 5.41) is 3.42. The predicted octanol–water partition coefficient (Wildman–Crippen LogP) is 2.50. The molecule has 1 N–H and O–H groups in total. The lowest BCUT2D eigenvalue weighted by molar-refractivity contribution is 0.240. The van der Waals surface area contributed by atoms with Gasteiger partial charge < -0.3 is 5.32 Å². The quantitative estimate of drug-likeness (QED) is 0.822. The lowest BCUT2D eigenvalue weighted by atomic mass is 9.80. The van der Waals surface area contributed by atoms with Gasteiger partial charge in [-0.15, -0.1) is 0 Å². The van der Waals surface area contributed by atoms with Crippen LogP contribution in [0.2, 0.25) is 0 Å². The molecule has 1 atom stereocenters. The van der Waals surface area contributed by atoms with E-state index in [-0.39, 0.29) is 5.82 Å². The lowest BCUT2D eigenvalue weighted by Crippen LogP contribution is -2.36. The predicted molar refractivity (Wildman–Crippen MR) is 57.8 cm³/mol. The summed E-state index contributed by atoms with van der Waals surface area (Å²) < 4.78 is 12.8. The van der Waals surface area contributed by atoms with Gasteiger partial charge in [0.2, 0.25) is 0 Å². The van der Waals surface area contributed by atoms with E-state index in [1.165, 1.54) is 31.5 Å². The van der Waals surface area contributed by atoms with Crippen LogP contribution in [0.25, 0.3) is 0 Å². The number of halogens is 1. The van der Waals surface area contributed by atoms with Gasteiger partial charge >= 0.3 is 0 Å². The highest BCUT2D eigenvalue weighted by atomic mass is 19.1. The minimum Gasteiger partial charge on any atom is -0.310 e. The number of aromatic nitrogens is 1. The zero-order valence-corrected chi connectivity index (χ0v) is 9.04. The van der Waals surface area contributed by atoms with Crippen LogP contribution in [0.4, 0.5) is 4.39 Å². The van der Waals surface area contributed by atoms with Gasteiger partial charge in [0.25, 0.3) is 0 Å². The third-order valence-corrected chi connectivity index (χ3v) is 3.25. The largest absolute Gasteiger partial charge is 0.310 e. The van der Waals surface area contributed by atoms with Gasteiger partial charge in [-0.1, -0.05) is 6.42 Å². The molecular formula is C12H17FN2. The molecule has 3 heteroatoms. The minimum absolute atomic E-state index is 0.259. The van der Waals surface area contributed by atoms with E-state index in [1.54, 1.807) is 6.20 Å². The Bertz CT molecular complexity index is 323. The van der Waals surface area contributed by atoms with Crippen LogP contribution in [0.15, 0.2) is 18.5 Å². The molecule has 1 fully saturated rings. The number of hydrogen-bond donors (Lipinski definition) is 1. The number of nitrogens with one attached hydrogen (secondary N) is 1. The first-order valence-corrected chi connectivity index (χ1v) is 5.58. The Morgan fingerprint density at radius 1 is 1.53 bits per heavy atom. The fourth-order valence-corrected chi connectivity index (χ4v) is 1.94. The number of nitrogens with zero attached hydrogens (tertiary/aromatic N) is 1. The van der Waals surface area contributed by atoms with E-state index in [2.05, 4.69) is 17.2 Å². The Kier molecular flexibility index (Phi) is 3.31. The van der Waals surface area contributed by atoms with Crippen molar-refractivity contribution in [3.05, 3.63) is 29.8 Å². The van der Waals surface area contributed by atoms with Crippen LogP contribution in [0.5, 0.6) is 0 Å². The van der Waals surface area contributed by atoms with Gasteiger partial charge in [-0.3, -0.25) is 4.98 Å². The van der Waals surface area contributed by atoms with E-state index in [0.717, 1.165) is 11.5 Å². The highest BCUT2D eigenvalue weighted by molar-refractivity contribution is 5.09. The van der Waals surface area contributed by atoms with Gasteiger partial charge in [0.05, 0.1) is 6.20 Å². The van der Waals surface area contributed by atoms with Crippen molar-refractivity contribution in [1.29, 1.82) is 0 Å². The Morgan fingerprint density at radius 2 is 2.33 bits per heavy atom. The fraction of sp³-hybridized carbons (Fsp3) is 0.583. The molecule has 2 rings (SSSR count). The molecule has 1 aliphatic carbocycles. The summed E-state index contributed by atoms with van der Waals surface area (Å²) in [4.78, 5) is 3.83. The zero-order valence-electron chi connectivity index (χ0n) is 9.04. The second-order valence-electron chi connectivity index (χ2n) is 4.37. The van der Waals surface area contributed by atoms with Gasteiger partial charge in [0, 0.05) is 18.8 Å². The first kappa shape index (κ1) is 10.6. The molecule has 0 aromatic carbocycles. The highest BCUT2D eigenvalue weighted by Gasteiger charge is 2.23. The molecule has 0 spiro atoms. The van der Waals surface area contributed by atoms with E-state index < -0.39 is 0 Å². The van der Waals surface area contributed by atoms with Crippen molar-refractivity contribution in [3.8, 4) is 0 Å². The maximum atomic E-state index is 12.8. The topological polar surface area (TPSA) is 24.9 Å². The Balaban J connectivity index is 1.81. The molecule has 0 amide bonds. The zero-order chi connectivity index (χ0) is 10.7. The Hall–Kier alpha value is -0.960. The fourth-order valence-electron chi connectivity index (χ4n) is 1.94. The van der Waals surface area contributed by atoms with Crippen molar-refractivity contribution in [1.82, 2.24) is 10.3 Å². The van der Waals surface area contributed by atoms with Crippen molar-refractivity contribution >= 4 is 0 Å². The summed E-state index contributed by atoms with van der Waals surface area (Å²) in [5.74, 6) is 0.553. The molecule has 15 heavy (non-hydrogen) atoms. The smallest absolute Gasteiger partial charge is 0.141 e. The van der Waals surface area contributed by atoms with Crippen LogP contribution in [0.1, 0.15) is 31.7 Å². The van der Waals surface area contributed by atoms with Gasteiger partial charge in [0.15, 0.2) is 0 Å². The van der Waals surface area contributed by atoms with Crippen LogP contribution in [0, 0.1) is 11.7 Å². The standard InChI is InChI=1S/C12H17FN2/c1-9(11-3-2-4-11)15-7-10-5-12(13)8-14-6-10/h5-6,8-9,11,15H,2-4,7H2,1H3. The monoisotopic (exact) mass is 208 g/mol. The maximum absolute atomic E-state index is 12.8. The average Bonchev–Trinajstić information content (AvgIpc) is 2.12. The van der Waals surface area contributed by atoms with Crippen LogP contribution < -0.4 is 5.32 Å². The van der Waals surface area contributed by atoms with E-state index in [9.17, 15) is 4.39 Å². The molecular weight excluding hydrogens is 191 g/mol. The van der Waals surface area contributed by atoms with Crippen molar-refractivity contribution in [2.75, 3.05) is 0 Å². The molecule has 1 aromatic rings. The van der Waals surface area contributed by atoms with E-state index >= 15 is 0 Å². The molecule has 1 heterocycles. The molecule has 0 saturated heterocycles. The second-order valence-corrected chi connectivity index (χ2v) is 4.37. The molecule has 0 bridgehead atoms. The molecule has 0 aliphatic heterocycles. The van der Waals surface area contributed by atoms with Gasteiger partial charge in [-0.2, -0.15) is 0 Å². The van der Waals surface area contributed by atoms with E-state index in [0.29, 0.717) is 12.6 Å². The van der Waals surface area contributed by atoms with Gasteiger partial charge in [-0.25, -0.2) is 4.39 Å². The van der Waals surface area contributed by atoms with Crippen LogP contribution in [-0.2, 0) is 6.54 Å². The first-order valence-electron chi connectivity index (χ1n) is 5.58. The maximum Gasteiger partial charge on any atom is 0.141 e. The molecule has 2 nitrogen and oxygen atoms in total. The number of pyridine rings is 1. The summed E-state index contributed by atoms with van der Waals surface area (Å²) in [6.07, 6.45) is 6.96. The summed E-state index contributed by atoms with van der Waals surface area (Å²) in [5.41, 5.74) is 0.918. The van der Waals surface area contributed by atoms with Crippen molar-refractivity contribution in [2.45, 2.75) is 38.8 Å². The molecule has 0 radical (unpaired) electrons. The lowest BCUT2D eigenvalue weighted by Gasteiger charge is -2.32. The van der Waals surface area contributed by atoms with Crippen LogP contribution in [0.3, 0.4) is 0 Å². The summed E-state index contributed by atoms with van der Waals surface area (Å²) >= 11 is 0. The highest BCUT2D eigenvalue weighted by Crippen LogP contribution is 2.29. The number of hydrogen-bond acceptors (Lipinski definition) is 2. The Labute approximate surface area is 89.9 Å². The summed E-state index contributed by atoms with van der Waals surface area (Å²) in [7, 11) is 0. The minimum atomic E-state index is -0.259. The third-order valence-electron chi connectivity index (χ3n) is 3.25. The van der Waals surface area contributed by atoms with Gasteiger partial charge in [0.1, 0.15) is 5.82 Å². The normalized spacial score (nSPS) is 18.5.